The van der Waals surface area contributed by atoms with E-state index in [9.17, 15) is 9.59 Å². The van der Waals surface area contributed by atoms with Crippen molar-refractivity contribution in [3.05, 3.63) is 45.8 Å². The molecule has 3 aromatic heterocycles. The van der Waals surface area contributed by atoms with Crippen molar-refractivity contribution in [2.45, 2.75) is 33.2 Å². The molecular formula is C19H21ClN6O2S. The second-order valence-corrected chi connectivity index (χ2v) is 7.61. The standard InChI is InChI=1S/C19H21ClN6O2S/c1-3-4-7-26-17(20)13(11(2)25-26)5-6-16(27)24-19-23-15(10-29-19)12-8-14(18(21)28)22-9-12/h5-6,8-10,22H,3-4,7H2,1-2H3,(H2,21,28)(H,23,24,27)/b6-5+. The smallest absolute Gasteiger partial charge is 0.265 e. The average molecular weight is 433 g/mol. The van der Waals surface area contributed by atoms with Crippen LogP contribution in [0.2, 0.25) is 5.15 Å². The number of anilines is 1. The molecule has 0 aliphatic rings. The molecule has 152 valence electrons. The summed E-state index contributed by atoms with van der Waals surface area (Å²) in [6.45, 7) is 4.71. The number of thiazole rings is 1. The number of carbonyl (C=O) groups excluding carboxylic acids is 2. The van der Waals surface area contributed by atoms with Gasteiger partial charge in [0.2, 0.25) is 5.91 Å². The van der Waals surface area contributed by atoms with Crippen molar-refractivity contribution in [2.75, 3.05) is 5.32 Å². The fourth-order valence-electron chi connectivity index (χ4n) is 2.67. The van der Waals surface area contributed by atoms with Crippen LogP contribution in [0.3, 0.4) is 0 Å². The van der Waals surface area contributed by atoms with Crippen LogP contribution in [0.25, 0.3) is 17.3 Å². The van der Waals surface area contributed by atoms with Crippen LogP contribution in [0.4, 0.5) is 5.13 Å². The van der Waals surface area contributed by atoms with E-state index in [0.717, 1.165) is 30.6 Å². The van der Waals surface area contributed by atoms with Crippen molar-refractivity contribution in [2.24, 2.45) is 5.73 Å². The molecule has 0 saturated heterocycles. The molecule has 3 rings (SSSR count). The zero-order valence-electron chi connectivity index (χ0n) is 16.0. The molecule has 0 fully saturated rings. The van der Waals surface area contributed by atoms with E-state index in [0.29, 0.717) is 27.2 Å². The monoisotopic (exact) mass is 432 g/mol. The Hall–Kier alpha value is -2.91. The van der Waals surface area contributed by atoms with Gasteiger partial charge in [-0.25, -0.2) is 4.98 Å². The molecule has 8 nitrogen and oxygen atoms in total. The first-order valence-corrected chi connectivity index (χ1v) is 10.3. The maximum absolute atomic E-state index is 12.3. The van der Waals surface area contributed by atoms with E-state index < -0.39 is 5.91 Å². The molecule has 29 heavy (non-hydrogen) atoms. The fourth-order valence-corrected chi connectivity index (χ4v) is 3.71. The molecule has 0 radical (unpaired) electrons. The van der Waals surface area contributed by atoms with Gasteiger partial charge in [-0.2, -0.15) is 5.10 Å². The Morgan fingerprint density at radius 3 is 2.93 bits per heavy atom. The summed E-state index contributed by atoms with van der Waals surface area (Å²) in [5.41, 5.74) is 8.38. The van der Waals surface area contributed by atoms with Crippen molar-refractivity contribution < 1.29 is 9.59 Å². The first-order valence-electron chi connectivity index (χ1n) is 9.05. The number of nitrogens with one attached hydrogen (secondary N) is 2. The Labute approximate surface area is 176 Å². The SMILES string of the molecule is CCCCn1nc(C)c(/C=C/C(=O)Nc2nc(-c3c[nH]c(C(N)=O)c3)cs2)c1Cl. The Morgan fingerprint density at radius 1 is 1.45 bits per heavy atom. The van der Waals surface area contributed by atoms with Crippen molar-refractivity contribution in [1.82, 2.24) is 19.7 Å². The highest BCUT2D eigenvalue weighted by atomic mass is 35.5. The average Bonchev–Trinajstić information content (AvgIpc) is 3.39. The zero-order valence-corrected chi connectivity index (χ0v) is 17.6. The quantitative estimate of drug-likeness (QED) is 0.468. The minimum Gasteiger partial charge on any atom is -0.364 e. The Kier molecular flexibility index (Phi) is 6.50. The van der Waals surface area contributed by atoms with Crippen LogP contribution in [-0.2, 0) is 11.3 Å². The van der Waals surface area contributed by atoms with Crippen LogP contribution in [0.1, 0.15) is 41.5 Å². The summed E-state index contributed by atoms with van der Waals surface area (Å²) in [5.74, 6) is -0.869. The van der Waals surface area contributed by atoms with E-state index in [-0.39, 0.29) is 5.91 Å². The number of aryl methyl sites for hydroxylation is 2. The Balaban J connectivity index is 1.66. The molecule has 0 aromatic carbocycles. The molecule has 0 spiro atoms. The third-order valence-electron chi connectivity index (χ3n) is 4.21. The number of aromatic amines is 1. The number of rotatable bonds is 8. The van der Waals surface area contributed by atoms with Crippen molar-refractivity contribution in [1.29, 1.82) is 0 Å². The summed E-state index contributed by atoms with van der Waals surface area (Å²) in [6.07, 6.45) is 6.73. The topological polar surface area (TPSA) is 119 Å². The minimum absolute atomic E-state index is 0.299. The lowest BCUT2D eigenvalue weighted by Crippen LogP contribution is -2.10. The largest absolute Gasteiger partial charge is 0.364 e. The minimum atomic E-state index is -0.544. The molecular weight excluding hydrogens is 412 g/mol. The summed E-state index contributed by atoms with van der Waals surface area (Å²) < 4.78 is 1.75. The van der Waals surface area contributed by atoms with Gasteiger partial charge in [0.1, 0.15) is 10.8 Å². The molecule has 0 saturated carbocycles. The number of aromatic nitrogens is 4. The van der Waals surface area contributed by atoms with Crippen molar-refractivity contribution in [3.8, 4) is 11.3 Å². The fraction of sp³-hybridized carbons (Fsp3) is 0.263. The normalized spacial score (nSPS) is 11.3. The van der Waals surface area contributed by atoms with E-state index in [4.69, 9.17) is 17.3 Å². The van der Waals surface area contributed by atoms with Gasteiger partial charge in [0.25, 0.3) is 5.91 Å². The Bertz CT molecular complexity index is 1060. The van der Waals surface area contributed by atoms with E-state index in [1.54, 1.807) is 28.4 Å². The lowest BCUT2D eigenvalue weighted by molar-refractivity contribution is -0.111. The van der Waals surface area contributed by atoms with Gasteiger partial charge >= 0.3 is 0 Å². The third-order valence-corrected chi connectivity index (χ3v) is 5.37. The van der Waals surface area contributed by atoms with Crippen LogP contribution in [-0.4, -0.2) is 31.6 Å². The molecule has 3 heterocycles. The molecule has 0 atom stereocenters. The van der Waals surface area contributed by atoms with Gasteiger partial charge in [-0.1, -0.05) is 24.9 Å². The van der Waals surface area contributed by atoms with Gasteiger partial charge in [-0.3, -0.25) is 19.6 Å². The second kappa shape index (κ2) is 9.06. The molecule has 2 amide bonds. The zero-order chi connectivity index (χ0) is 21.0. The van der Waals surface area contributed by atoms with Crippen molar-refractivity contribution >= 4 is 46.0 Å². The summed E-state index contributed by atoms with van der Waals surface area (Å²) in [4.78, 5) is 30.6. The highest BCUT2D eigenvalue weighted by Crippen LogP contribution is 2.26. The molecule has 0 aliphatic carbocycles. The number of H-pyrrole nitrogens is 1. The first-order chi connectivity index (χ1) is 13.9. The van der Waals surface area contributed by atoms with Crippen LogP contribution in [0.15, 0.2) is 23.7 Å². The van der Waals surface area contributed by atoms with E-state index in [2.05, 4.69) is 27.3 Å². The predicted molar refractivity (Wildman–Crippen MR) is 115 cm³/mol. The number of nitrogens with two attached hydrogens (primary N) is 1. The lowest BCUT2D eigenvalue weighted by Gasteiger charge is -2.00. The van der Waals surface area contributed by atoms with Gasteiger partial charge in [0, 0.05) is 35.3 Å². The molecule has 4 N–H and O–H groups in total. The predicted octanol–water partition coefficient (Wildman–Crippen LogP) is 3.85. The van der Waals surface area contributed by atoms with E-state index in [1.807, 2.05) is 6.92 Å². The molecule has 3 aromatic rings. The molecule has 10 heteroatoms. The third kappa shape index (κ3) is 4.93. The number of hydrogen-bond acceptors (Lipinski definition) is 5. The molecule has 0 unspecified atom stereocenters. The highest BCUT2D eigenvalue weighted by Gasteiger charge is 2.12. The second-order valence-electron chi connectivity index (χ2n) is 6.39. The Morgan fingerprint density at radius 2 is 2.24 bits per heavy atom. The summed E-state index contributed by atoms with van der Waals surface area (Å²) in [7, 11) is 0. The number of hydrogen-bond donors (Lipinski definition) is 3. The maximum atomic E-state index is 12.3. The number of primary amides is 1. The van der Waals surface area contributed by atoms with Gasteiger partial charge in [0.05, 0.1) is 11.4 Å². The molecule has 0 aliphatic heterocycles. The highest BCUT2D eigenvalue weighted by molar-refractivity contribution is 7.14. The number of carbonyl (C=O) groups is 2. The van der Waals surface area contributed by atoms with Gasteiger partial charge < -0.3 is 10.7 Å². The maximum Gasteiger partial charge on any atom is 0.265 e. The summed E-state index contributed by atoms with van der Waals surface area (Å²) in [5, 5.41) is 9.89. The summed E-state index contributed by atoms with van der Waals surface area (Å²) in [6, 6.07) is 1.61. The molecule has 0 bridgehead atoms. The number of halogens is 1. The number of unbranched alkanes of at least 4 members (excludes halogenated alkanes) is 1. The van der Waals surface area contributed by atoms with Crippen LogP contribution in [0, 0.1) is 6.92 Å². The van der Waals surface area contributed by atoms with Crippen LogP contribution >= 0.6 is 22.9 Å². The van der Waals surface area contributed by atoms with E-state index >= 15 is 0 Å². The van der Waals surface area contributed by atoms with Gasteiger partial charge in [-0.05, 0) is 25.5 Å². The van der Waals surface area contributed by atoms with Gasteiger partial charge in [0.15, 0.2) is 5.13 Å². The van der Waals surface area contributed by atoms with Crippen molar-refractivity contribution in [3.63, 3.8) is 0 Å². The summed E-state index contributed by atoms with van der Waals surface area (Å²) >= 11 is 7.66. The first kappa shape index (κ1) is 20.8. The van der Waals surface area contributed by atoms with Gasteiger partial charge in [-0.15, -0.1) is 11.3 Å². The van der Waals surface area contributed by atoms with Crippen LogP contribution in [0.5, 0.6) is 0 Å². The number of nitrogens with zero attached hydrogens (tertiary/aromatic N) is 3. The van der Waals surface area contributed by atoms with E-state index in [1.165, 1.54) is 17.4 Å². The number of amides is 2. The van der Waals surface area contributed by atoms with Crippen LogP contribution < -0.4 is 11.1 Å². The lowest BCUT2D eigenvalue weighted by atomic mass is 10.2.